The van der Waals surface area contributed by atoms with Crippen LogP contribution in [0.2, 0.25) is 0 Å². The maximum atomic E-state index is 13.4. The van der Waals surface area contributed by atoms with E-state index in [1.807, 2.05) is 20.8 Å². The molecule has 0 aliphatic carbocycles. The summed E-state index contributed by atoms with van der Waals surface area (Å²) in [6.07, 6.45) is 0. The van der Waals surface area contributed by atoms with E-state index in [1.54, 1.807) is 0 Å². The summed E-state index contributed by atoms with van der Waals surface area (Å²) in [4.78, 5) is 11.6. The lowest BCUT2D eigenvalue weighted by Crippen LogP contribution is -2.43. The van der Waals surface area contributed by atoms with Gasteiger partial charge in [-0.25, -0.2) is 9.18 Å². The minimum atomic E-state index is -0.642. The standard InChI is InChI=1S/C12H17FN4O2/c1-12(2,3)16-11(18)15-7-4-5-9(13)8(6-7)10(14)17-19/h4-6,19H,1-3H3,(H2,14,17)(H2,15,16,18). The van der Waals surface area contributed by atoms with Gasteiger partial charge in [-0.05, 0) is 39.0 Å². The van der Waals surface area contributed by atoms with E-state index < -0.39 is 17.4 Å². The minimum Gasteiger partial charge on any atom is -0.409 e. The third-order valence-electron chi connectivity index (χ3n) is 2.10. The minimum absolute atomic E-state index is 0.0870. The Morgan fingerprint density at radius 3 is 2.58 bits per heavy atom. The first-order valence-electron chi connectivity index (χ1n) is 5.59. The molecule has 0 aliphatic heterocycles. The Morgan fingerprint density at radius 2 is 2.05 bits per heavy atom. The topological polar surface area (TPSA) is 99.7 Å². The molecule has 0 bridgehead atoms. The zero-order valence-corrected chi connectivity index (χ0v) is 11.0. The van der Waals surface area contributed by atoms with Gasteiger partial charge in [-0.3, -0.25) is 0 Å². The quantitative estimate of drug-likeness (QED) is 0.285. The number of amides is 2. The van der Waals surface area contributed by atoms with Gasteiger partial charge < -0.3 is 21.6 Å². The van der Waals surface area contributed by atoms with Crippen LogP contribution in [0.1, 0.15) is 26.3 Å². The van der Waals surface area contributed by atoms with Crippen molar-refractivity contribution in [2.24, 2.45) is 10.9 Å². The van der Waals surface area contributed by atoms with Gasteiger partial charge in [0.15, 0.2) is 5.84 Å². The van der Waals surface area contributed by atoms with Gasteiger partial charge in [0.05, 0.1) is 5.56 Å². The van der Waals surface area contributed by atoms with E-state index in [1.165, 1.54) is 12.1 Å². The summed E-state index contributed by atoms with van der Waals surface area (Å²) in [6, 6.07) is 3.36. The van der Waals surface area contributed by atoms with Crippen molar-refractivity contribution in [2.75, 3.05) is 5.32 Å². The number of anilines is 1. The lowest BCUT2D eigenvalue weighted by Gasteiger charge is -2.20. The van der Waals surface area contributed by atoms with Gasteiger partial charge >= 0.3 is 6.03 Å². The van der Waals surface area contributed by atoms with Crippen LogP contribution in [0.3, 0.4) is 0 Å². The summed E-state index contributed by atoms with van der Waals surface area (Å²) in [5.74, 6) is -1.01. The van der Waals surface area contributed by atoms with Gasteiger partial charge in [0.2, 0.25) is 0 Å². The van der Waals surface area contributed by atoms with E-state index in [0.717, 1.165) is 6.07 Å². The van der Waals surface area contributed by atoms with Gasteiger partial charge in [-0.2, -0.15) is 0 Å². The number of oxime groups is 1. The number of nitrogens with two attached hydrogens (primary N) is 1. The van der Waals surface area contributed by atoms with E-state index >= 15 is 0 Å². The molecule has 0 unspecified atom stereocenters. The van der Waals surface area contributed by atoms with E-state index in [2.05, 4.69) is 15.8 Å². The molecule has 0 aliphatic rings. The molecule has 1 aromatic carbocycles. The summed E-state index contributed by atoms with van der Waals surface area (Å²) in [5.41, 5.74) is 5.19. The molecule has 0 radical (unpaired) electrons. The van der Waals surface area contributed by atoms with Gasteiger partial charge in [0.25, 0.3) is 0 Å². The molecule has 0 saturated heterocycles. The van der Waals surface area contributed by atoms with Gasteiger partial charge in [0, 0.05) is 11.2 Å². The van der Waals surface area contributed by atoms with Crippen molar-refractivity contribution in [1.29, 1.82) is 0 Å². The number of hydrogen-bond acceptors (Lipinski definition) is 3. The van der Waals surface area contributed by atoms with Crippen molar-refractivity contribution in [3.05, 3.63) is 29.6 Å². The zero-order chi connectivity index (χ0) is 14.6. The van der Waals surface area contributed by atoms with Crippen LogP contribution >= 0.6 is 0 Å². The maximum absolute atomic E-state index is 13.4. The molecule has 104 valence electrons. The Morgan fingerprint density at radius 1 is 1.42 bits per heavy atom. The van der Waals surface area contributed by atoms with E-state index in [9.17, 15) is 9.18 Å². The van der Waals surface area contributed by atoms with E-state index in [-0.39, 0.29) is 11.4 Å². The smallest absolute Gasteiger partial charge is 0.319 e. The number of carbonyl (C=O) groups excluding carboxylic acids is 1. The highest BCUT2D eigenvalue weighted by molar-refractivity contribution is 5.99. The highest BCUT2D eigenvalue weighted by atomic mass is 19.1. The third-order valence-corrected chi connectivity index (χ3v) is 2.10. The highest BCUT2D eigenvalue weighted by Crippen LogP contribution is 2.15. The molecule has 0 spiro atoms. The number of amidine groups is 1. The molecule has 19 heavy (non-hydrogen) atoms. The molecule has 7 heteroatoms. The van der Waals surface area contributed by atoms with Crippen molar-refractivity contribution in [3.8, 4) is 0 Å². The molecule has 1 rings (SSSR count). The van der Waals surface area contributed by atoms with Crippen molar-refractivity contribution in [2.45, 2.75) is 26.3 Å². The first-order valence-corrected chi connectivity index (χ1v) is 5.59. The van der Waals surface area contributed by atoms with E-state index in [4.69, 9.17) is 10.9 Å². The third kappa shape index (κ3) is 4.46. The van der Waals surface area contributed by atoms with Gasteiger partial charge in [-0.15, -0.1) is 0 Å². The average molecular weight is 268 g/mol. The van der Waals surface area contributed by atoms with Crippen molar-refractivity contribution >= 4 is 17.6 Å². The predicted octanol–water partition coefficient (Wildman–Crippen LogP) is 1.84. The lowest BCUT2D eigenvalue weighted by atomic mass is 10.1. The number of halogens is 1. The SMILES string of the molecule is CC(C)(C)NC(=O)Nc1ccc(F)c(C(N)=NO)c1. The monoisotopic (exact) mass is 268 g/mol. The second-order valence-electron chi connectivity index (χ2n) is 5.01. The molecule has 0 fully saturated rings. The molecule has 5 N–H and O–H groups in total. The van der Waals surface area contributed by atoms with Crippen LogP contribution in [-0.4, -0.2) is 22.6 Å². The van der Waals surface area contributed by atoms with Crippen molar-refractivity contribution in [1.82, 2.24) is 5.32 Å². The van der Waals surface area contributed by atoms with Crippen LogP contribution in [0.25, 0.3) is 0 Å². The Kier molecular flexibility index (Phi) is 4.31. The highest BCUT2D eigenvalue weighted by Gasteiger charge is 2.14. The van der Waals surface area contributed by atoms with Crippen molar-refractivity contribution < 1.29 is 14.4 Å². The summed E-state index contributed by atoms with van der Waals surface area (Å²) in [7, 11) is 0. The number of rotatable bonds is 2. The fourth-order valence-corrected chi connectivity index (χ4v) is 1.36. The van der Waals surface area contributed by atoms with Gasteiger partial charge in [-0.1, -0.05) is 5.16 Å². The van der Waals surface area contributed by atoms with E-state index in [0.29, 0.717) is 5.69 Å². The van der Waals surface area contributed by atoms with Crippen LogP contribution in [-0.2, 0) is 0 Å². The van der Waals surface area contributed by atoms with Gasteiger partial charge in [0.1, 0.15) is 5.82 Å². The molecule has 1 aromatic rings. The van der Waals surface area contributed by atoms with Crippen LogP contribution in [0.4, 0.5) is 14.9 Å². The Labute approximate surface area is 110 Å². The second-order valence-corrected chi connectivity index (χ2v) is 5.01. The molecule has 2 amide bonds. The van der Waals surface area contributed by atoms with Crippen LogP contribution in [0.5, 0.6) is 0 Å². The first kappa shape index (κ1) is 14.7. The number of nitrogens with one attached hydrogen (secondary N) is 2. The lowest BCUT2D eigenvalue weighted by molar-refractivity contribution is 0.244. The molecular formula is C12H17FN4O2. The average Bonchev–Trinajstić information content (AvgIpc) is 2.28. The molecule has 0 atom stereocenters. The number of urea groups is 1. The summed E-state index contributed by atoms with van der Waals surface area (Å²) in [5, 5.41) is 16.5. The van der Waals surface area contributed by atoms with Crippen LogP contribution in [0.15, 0.2) is 23.4 Å². The Hall–Kier alpha value is -2.31. The molecule has 0 aromatic heterocycles. The van der Waals surface area contributed by atoms with Crippen LogP contribution in [0, 0.1) is 5.82 Å². The first-order chi connectivity index (χ1) is 8.73. The fourth-order valence-electron chi connectivity index (χ4n) is 1.36. The second kappa shape index (κ2) is 5.55. The zero-order valence-electron chi connectivity index (χ0n) is 11.0. The summed E-state index contributed by atoms with van der Waals surface area (Å²) < 4.78 is 13.4. The molecule has 0 saturated carbocycles. The molecular weight excluding hydrogens is 251 g/mol. The Bertz CT molecular complexity index is 509. The number of nitrogens with zero attached hydrogens (tertiary/aromatic N) is 1. The summed E-state index contributed by atoms with van der Waals surface area (Å²) >= 11 is 0. The molecule has 6 nitrogen and oxygen atoms in total. The largest absolute Gasteiger partial charge is 0.409 e. The molecule has 0 heterocycles. The normalized spacial score (nSPS) is 12.1. The Balaban J connectivity index is 2.89. The van der Waals surface area contributed by atoms with Crippen molar-refractivity contribution in [3.63, 3.8) is 0 Å². The van der Waals surface area contributed by atoms with Crippen LogP contribution < -0.4 is 16.4 Å². The number of hydrogen-bond donors (Lipinski definition) is 4. The maximum Gasteiger partial charge on any atom is 0.319 e. The number of carbonyl (C=O) groups is 1. The number of benzene rings is 1. The predicted molar refractivity (Wildman–Crippen MR) is 70.8 cm³/mol. The fraction of sp³-hybridized carbons (Fsp3) is 0.333. The summed E-state index contributed by atoms with van der Waals surface area (Å²) in [6.45, 7) is 5.50.